The standard InChI is InChI=1S/C15H18ClNO/c1-3-11(2)17-10-14-7-8-15(18-14)12-5-4-6-13(16)9-12/h4-9,11,17H,3,10H2,1-2H3/p+1/t11-/m1/s1. The fraction of sp³-hybridized carbons (Fsp3) is 0.333. The normalized spacial score (nSPS) is 12.6. The maximum atomic E-state index is 5.98. The van der Waals surface area contributed by atoms with Gasteiger partial charge in [-0.05, 0) is 37.6 Å². The molecule has 2 aromatic rings. The molecular formula is C15H19ClNO+. The summed E-state index contributed by atoms with van der Waals surface area (Å²) >= 11 is 5.98. The average molecular weight is 265 g/mol. The van der Waals surface area contributed by atoms with E-state index in [1.165, 1.54) is 6.42 Å². The van der Waals surface area contributed by atoms with E-state index >= 15 is 0 Å². The molecule has 0 radical (unpaired) electrons. The second-order valence-corrected chi connectivity index (χ2v) is 5.04. The first kappa shape index (κ1) is 13.2. The molecule has 0 bridgehead atoms. The molecule has 1 aromatic carbocycles. The Labute approximate surface area is 113 Å². The molecule has 0 amide bonds. The molecule has 1 aromatic heterocycles. The number of benzene rings is 1. The van der Waals surface area contributed by atoms with Crippen molar-refractivity contribution in [3.8, 4) is 11.3 Å². The van der Waals surface area contributed by atoms with Crippen molar-refractivity contribution in [2.45, 2.75) is 32.9 Å². The number of furan rings is 1. The third-order valence-electron chi connectivity index (χ3n) is 3.14. The van der Waals surface area contributed by atoms with Crippen molar-refractivity contribution < 1.29 is 9.73 Å². The van der Waals surface area contributed by atoms with Crippen LogP contribution in [0.4, 0.5) is 0 Å². The van der Waals surface area contributed by atoms with Crippen LogP contribution in [0.1, 0.15) is 26.0 Å². The van der Waals surface area contributed by atoms with Gasteiger partial charge in [-0.2, -0.15) is 0 Å². The zero-order valence-electron chi connectivity index (χ0n) is 10.8. The molecule has 0 fully saturated rings. The smallest absolute Gasteiger partial charge is 0.158 e. The topological polar surface area (TPSA) is 29.8 Å². The monoisotopic (exact) mass is 264 g/mol. The maximum Gasteiger partial charge on any atom is 0.158 e. The summed E-state index contributed by atoms with van der Waals surface area (Å²) in [6.07, 6.45) is 1.17. The van der Waals surface area contributed by atoms with Crippen molar-refractivity contribution >= 4 is 11.6 Å². The lowest BCUT2D eigenvalue weighted by Gasteiger charge is -2.05. The first-order valence-corrected chi connectivity index (χ1v) is 6.75. The molecule has 0 aliphatic heterocycles. The number of halogens is 1. The molecule has 0 aliphatic rings. The summed E-state index contributed by atoms with van der Waals surface area (Å²) in [6.45, 7) is 5.30. The predicted molar refractivity (Wildman–Crippen MR) is 74.5 cm³/mol. The van der Waals surface area contributed by atoms with Gasteiger partial charge in [-0.1, -0.05) is 30.7 Å². The molecule has 96 valence electrons. The highest BCUT2D eigenvalue weighted by Crippen LogP contribution is 2.24. The molecule has 0 saturated heterocycles. The third kappa shape index (κ3) is 3.37. The minimum atomic E-state index is 0.629. The Hall–Kier alpha value is -1.25. The number of quaternary nitrogens is 1. The molecule has 18 heavy (non-hydrogen) atoms. The Morgan fingerprint density at radius 3 is 2.83 bits per heavy atom. The molecule has 3 heteroatoms. The van der Waals surface area contributed by atoms with Crippen molar-refractivity contribution in [3.05, 3.63) is 47.2 Å². The summed E-state index contributed by atoms with van der Waals surface area (Å²) in [6, 6.07) is 12.4. The highest BCUT2D eigenvalue weighted by atomic mass is 35.5. The molecule has 0 spiro atoms. The van der Waals surface area contributed by atoms with Gasteiger partial charge < -0.3 is 9.73 Å². The fourth-order valence-electron chi connectivity index (χ4n) is 1.77. The summed E-state index contributed by atoms with van der Waals surface area (Å²) in [5, 5.41) is 3.03. The Morgan fingerprint density at radius 2 is 2.11 bits per heavy atom. The van der Waals surface area contributed by atoms with Crippen molar-refractivity contribution in [2.24, 2.45) is 0 Å². The second-order valence-electron chi connectivity index (χ2n) is 4.60. The van der Waals surface area contributed by atoms with Gasteiger partial charge in [0.15, 0.2) is 5.76 Å². The SMILES string of the molecule is CC[C@@H](C)[NH2+]Cc1ccc(-c2cccc(Cl)c2)o1. The van der Waals surface area contributed by atoms with Gasteiger partial charge in [0.2, 0.25) is 0 Å². The number of nitrogens with two attached hydrogens (primary N) is 1. The van der Waals surface area contributed by atoms with E-state index in [-0.39, 0.29) is 0 Å². The summed E-state index contributed by atoms with van der Waals surface area (Å²) in [7, 11) is 0. The van der Waals surface area contributed by atoms with E-state index < -0.39 is 0 Å². The van der Waals surface area contributed by atoms with Crippen molar-refractivity contribution in [1.29, 1.82) is 0 Å². The molecule has 1 atom stereocenters. The molecule has 2 rings (SSSR count). The van der Waals surface area contributed by atoms with Gasteiger partial charge >= 0.3 is 0 Å². The van der Waals surface area contributed by atoms with Gasteiger partial charge in [-0.15, -0.1) is 0 Å². The van der Waals surface area contributed by atoms with Gasteiger partial charge in [-0.25, -0.2) is 0 Å². The lowest BCUT2D eigenvalue weighted by Crippen LogP contribution is -2.87. The van der Waals surface area contributed by atoms with Crippen molar-refractivity contribution in [1.82, 2.24) is 0 Å². The highest BCUT2D eigenvalue weighted by molar-refractivity contribution is 6.30. The van der Waals surface area contributed by atoms with Crippen molar-refractivity contribution in [2.75, 3.05) is 0 Å². The van der Waals surface area contributed by atoms with Gasteiger partial charge in [0.25, 0.3) is 0 Å². The summed E-state index contributed by atoms with van der Waals surface area (Å²) in [5.74, 6) is 1.88. The predicted octanol–water partition coefficient (Wildman–Crippen LogP) is 3.46. The van der Waals surface area contributed by atoms with E-state index in [9.17, 15) is 0 Å². The van der Waals surface area contributed by atoms with Crippen LogP contribution in [0.25, 0.3) is 11.3 Å². The second kappa shape index (κ2) is 6.07. The van der Waals surface area contributed by atoms with Crippen LogP contribution in [0.15, 0.2) is 40.8 Å². The molecule has 0 saturated carbocycles. The van der Waals surface area contributed by atoms with E-state index in [1.54, 1.807) is 0 Å². The van der Waals surface area contributed by atoms with E-state index in [0.717, 1.165) is 28.7 Å². The zero-order chi connectivity index (χ0) is 13.0. The van der Waals surface area contributed by atoms with Crippen LogP contribution in [0.2, 0.25) is 5.02 Å². The highest BCUT2D eigenvalue weighted by Gasteiger charge is 2.08. The van der Waals surface area contributed by atoms with Crippen LogP contribution in [-0.2, 0) is 6.54 Å². The van der Waals surface area contributed by atoms with E-state index in [0.29, 0.717) is 6.04 Å². The van der Waals surface area contributed by atoms with Gasteiger partial charge in [-0.3, -0.25) is 0 Å². The van der Waals surface area contributed by atoms with Crippen LogP contribution >= 0.6 is 11.6 Å². The molecule has 2 nitrogen and oxygen atoms in total. The molecule has 0 aliphatic carbocycles. The molecular weight excluding hydrogens is 246 g/mol. The van der Waals surface area contributed by atoms with Gasteiger partial charge in [0.1, 0.15) is 12.3 Å². The van der Waals surface area contributed by atoms with Gasteiger partial charge in [0.05, 0.1) is 6.04 Å². The van der Waals surface area contributed by atoms with E-state index in [1.807, 2.05) is 36.4 Å². The number of rotatable bonds is 5. The van der Waals surface area contributed by atoms with Crippen LogP contribution in [-0.4, -0.2) is 6.04 Å². The quantitative estimate of drug-likeness (QED) is 0.881. The third-order valence-corrected chi connectivity index (χ3v) is 3.37. The average Bonchev–Trinajstić information content (AvgIpc) is 2.84. The maximum absolute atomic E-state index is 5.98. The van der Waals surface area contributed by atoms with Crippen LogP contribution in [0, 0.1) is 0 Å². The van der Waals surface area contributed by atoms with Crippen LogP contribution < -0.4 is 5.32 Å². The minimum Gasteiger partial charge on any atom is -0.455 e. The van der Waals surface area contributed by atoms with E-state index in [2.05, 4.69) is 19.2 Å². The summed E-state index contributed by atoms with van der Waals surface area (Å²) in [4.78, 5) is 0. The Morgan fingerprint density at radius 1 is 1.28 bits per heavy atom. The van der Waals surface area contributed by atoms with E-state index in [4.69, 9.17) is 16.0 Å². The number of hydrogen-bond donors (Lipinski definition) is 1. The summed E-state index contributed by atoms with van der Waals surface area (Å²) < 4.78 is 5.83. The first-order chi connectivity index (χ1) is 8.69. The fourth-order valence-corrected chi connectivity index (χ4v) is 1.96. The zero-order valence-corrected chi connectivity index (χ0v) is 11.6. The van der Waals surface area contributed by atoms with Gasteiger partial charge in [0, 0.05) is 10.6 Å². The molecule has 1 heterocycles. The Bertz CT molecular complexity index is 507. The van der Waals surface area contributed by atoms with Crippen LogP contribution in [0.5, 0.6) is 0 Å². The van der Waals surface area contributed by atoms with Crippen LogP contribution in [0.3, 0.4) is 0 Å². The Balaban J connectivity index is 2.06. The Kier molecular flexibility index (Phi) is 4.45. The van der Waals surface area contributed by atoms with Crippen molar-refractivity contribution in [3.63, 3.8) is 0 Å². The largest absolute Gasteiger partial charge is 0.455 e. The number of hydrogen-bond acceptors (Lipinski definition) is 1. The molecule has 0 unspecified atom stereocenters. The first-order valence-electron chi connectivity index (χ1n) is 6.37. The molecule has 2 N–H and O–H groups in total. The lowest BCUT2D eigenvalue weighted by molar-refractivity contribution is -0.703. The lowest BCUT2D eigenvalue weighted by atomic mass is 10.2. The summed E-state index contributed by atoms with van der Waals surface area (Å²) in [5.41, 5.74) is 1.03. The minimum absolute atomic E-state index is 0.629.